The molecule has 174 valence electrons. The number of rotatable bonds is 5. The number of nitrogens with zero attached hydrogens (tertiary/aromatic N) is 3. The normalized spacial score (nSPS) is 27.1. The number of carbonyl (C=O) groups excluding carboxylic acids is 2. The predicted molar refractivity (Wildman–Crippen MR) is 123 cm³/mol. The molecule has 2 aliphatic carbocycles. The summed E-state index contributed by atoms with van der Waals surface area (Å²) in [6.45, 7) is 1.35. The molecule has 3 heterocycles. The predicted octanol–water partition coefficient (Wildman–Crippen LogP) is 2.39. The first kappa shape index (κ1) is 20.9. The van der Waals surface area contributed by atoms with Gasteiger partial charge in [0.15, 0.2) is 18.2 Å². The van der Waals surface area contributed by atoms with Crippen molar-refractivity contribution in [2.45, 2.75) is 37.8 Å². The van der Waals surface area contributed by atoms with E-state index in [0.29, 0.717) is 41.8 Å². The maximum atomic E-state index is 12.5. The van der Waals surface area contributed by atoms with E-state index in [0.717, 1.165) is 37.8 Å². The number of aromatic nitrogens is 1. The lowest BCUT2D eigenvalue weighted by Gasteiger charge is -2.38. The first-order valence-corrected chi connectivity index (χ1v) is 11.7. The van der Waals surface area contributed by atoms with Crippen molar-refractivity contribution in [3.8, 4) is 11.8 Å². The van der Waals surface area contributed by atoms with Crippen LogP contribution in [0.2, 0.25) is 0 Å². The number of pyridine rings is 1. The zero-order chi connectivity index (χ0) is 23.2. The van der Waals surface area contributed by atoms with E-state index in [1.54, 1.807) is 12.1 Å². The lowest BCUT2D eigenvalue weighted by molar-refractivity contribution is -0.118. The topological polar surface area (TPSA) is 117 Å². The summed E-state index contributed by atoms with van der Waals surface area (Å²) >= 11 is 0. The molecule has 4 aliphatic rings. The Balaban J connectivity index is 1.00. The van der Waals surface area contributed by atoms with E-state index in [1.165, 1.54) is 16.0 Å². The number of fused-ring (bicyclic) bond motifs is 2. The van der Waals surface area contributed by atoms with Gasteiger partial charge in [0.25, 0.3) is 5.91 Å². The van der Waals surface area contributed by atoms with E-state index in [-0.39, 0.29) is 18.6 Å². The van der Waals surface area contributed by atoms with Gasteiger partial charge in [-0.2, -0.15) is 5.26 Å². The summed E-state index contributed by atoms with van der Waals surface area (Å²) in [6.07, 6.45) is 3.34. The fraction of sp³-hybridized carbons (Fsp3) is 0.440. The Labute approximate surface area is 197 Å². The molecule has 2 amide bonds. The Morgan fingerprint density at radius 1 is 1.21 bits per heavy atom. The fourth-order valence-corrected chi connectivity index (χ4v) is 5.47. The fourth-order valence-electron chi connectivity index (χ4n) is 5.47. The highest BCUT2D eigenvalue weighted by atomic mass is 16.6. The van der Waals surface area contributed by atoms with Crippen LogP contribution in [0.5, 0.6) is 5.75 Å². The van der Waals surface area contributed by atoms with Crippen molar-refractivity contribution < 1.29 is 19.1 Å². The molecule has 1 saturated carbocycles. The molecular formula is C25H25N5O4. The van der Waals surface area contributed by atoms with E-state index in [1.807, 2.05) is 12.1 Å². The van der Waals surface area contributed by atoms with Crippen LogP contribution in [0, 0.1) is 23.2 Å². The molecule has 2 atom stereocenters. The zero-order valence-corrected chi connectivity index (χ0v) is 18.6. The van der Waals surface area contributed by atoms with Crippen LogP contribution in [-0.2, 0) is 22.4 Å². The third kappa shape index (κ3) is 3.74. The number of amides is 2. The Morgan fingerprint density at radius 3 is 2.94 bits per heavy atom. The summed E-state index contributed by atoms with van der Waals surface area (Å²) in [5.74, 6) is 1.84. The molecule has 1 saturated heterocycles. The number of ether oxygens (including phenoxy) is 2. The van der Waals surface area contributed by atoms with Gasteiger partial charge in [0.05, 0.1) is 18.2 Å². The van der Waals surface area contributed by atoms with E-state index >= 15 is 0 Å². The van der Waals surface area contributed by atoms with Gasteiger partial charge in [-0.3, -0.25) is 9.69 Å². The van der Waals surface area contributed by atoms with Crippen molar-refractivity contribution in [2.75, 3.05) is 29.9 Å². The van der Waals surface area contributed by atoms with Crippen LogP contribution < -0.4 is 20.3 Å². The summed E-state index contributed by atoms with van der Waals surface area (Å²) in [5, 5.41) is 15.7. The summed E-state index contributed by atoms with van der Waals surface area (Å²) < 4.78 is 11.0. The maximum Gasteiger partial charge on any atom is 0.415 e. The van der Waals surface area contributed by atoms with Crippen molar-refractivity contribution in [3.05, 3.63) is 47.0 Å². The van der Waals surface area contributed by atoms with Crippen molar-refractivity contribution >= 4 is 23.6 Å². The third-order valence-electron chi connectivity index (χ3n) is 7.36. The van der Waals surface area contributed by atoms with Crippen LogP contribution >= 0.6 is 0 Å². The minimum Gasteiger partial charge on any atom is -0.480 e. The van der Waals surface area contributed by atoms with Gasteiger partial charge in [0.2, 0.25) is 0 Å². The molecular weight excluding hydrogens is 434 g/mol. The zero-order valence-electron chi connectivity index (χ0n) is 18.6. The highest BCUT2D eigenvalue weighted by Gasteiger charge is 2.44. The van der Waals surface area contributed by atoms with E-state index in [9.17, 15) is 14.9 Å². The van der Waals surface area contributed by atoms with Gasteiger partial charge in [-0.15, -0.1) is 0 Å². The molecule has 2 aliphatic heterocycles. The molecule has 2 aromatic rings. The van der Waals surface area contributed by atoms with Crippen LogP contribution in [0.4, 0.5) is 16.4 Å². The molecule has 1 aromatic heterocycles. The highest BCUT2D eigenvalue weighted by Crippen LogP contribution is 2.37. The van der Waals surface area contributed by atoms with Gasteiger partial charge in [0.1, 0.15) is 11.9 Å². The summed E-state index contributed by atoms with van der Waals surface area (Å²) in [7, 11) is 0. The number of cyclic esters (lactones) is 1. The number of benzene rings is 1. The van der Waals surface area contributed by atoms with Gasteiger partial charge in [0, 0.05) is 12.0 Å². The molecule has 9 heteroatoms. The molecule has 0 spiro atoms. The molecule has 2 fully saturated rings. The van der Waals surface area contributed by atoms with E-state index < -0.39 is 6.09 Å². The lowest BCUT2D eigenvalue weighted by Crippen LogP contribution is -2.48. The van der Waals surface area contributed by atoms with Crippen LogP contribution in [0.25, 0.3) is 0 Å². The van der Waals surface area contributed by atoms with Crippen LogP contribution in [-0.4, -0.2) is 48.8 Å². The number of carbonyl (C=O) groups is 2. The second-order valence-corrected chi connectivity index (χ2v) is 9.55. The Morgan fingerprint density at radius 2 is 2.09 bits per heavy atom. The Kier molecular flexibility index (Phi) is 5.11. The first-order valence-electron chi connectivity index (χ1n) is 11.7. The van der Waals surface area contributed by atoms with Gasteiger partial charge in [-0.1, -0.05) is 12.1 Å². The van der Waals surface area contributed by atoms with Crippen molar-refractivity contribution in [2.24, 2.45) is 11.8 Å². The largest absolute Gasteiger partial charge is 0.480 e. The van der Waals surface area contributed by atoms with Crippen molar-refractivity contribution in [1.82, 2.24) is 10.3 Å². The molecule has 34 heavy (non-hydrogen) atoms. The molecule has 1 aromatic carbocycles. The van der Waals surface area contributed by atoms with Crippen LogP contribution in [0.1, 0.15) is 29.5 Å². The molecule has 2 unspecified atom stereocenters. The molecule has 2 N–H and O–H groups in total. The summed E-state index contributed by atoms with van der Waals surface area (Å²) in [4.78, 5) is 30.0. The lowest BCUT2D eigenvalue weighted by atomic mass is 9.76. The van der Waals surface area contributed by atoms with E-state index in [2.05, 4.69) is 27.8 Å². The number of anilines is 2. The van der Waals surface area contributed by atoms with Crippen LogP contribution in [0.3, 0.4) is 0 Å². The number of hydrogen-bond donors (Lipinski definition) is 2. The smallest absolute Gasteiger partial charge is 0.415 e. The number of nitrogens with one attached hydrogen (secondary N) is 2. The molecule has 6 rings (SSSR count). The second kappa shape index (κ2) is 8.29. The van der Waals surface area contributed by atoms with Crippen molar-refractivity contribution in [3.63, 3.8) is 0 Å². The SMILES string of the molecule is N#Cc1cccc2c1CC(CN[C@H]1C[C@@H](C3CN(c4ccc5c(n4)NC(=O)CO5)C(=O)O3)C1)C2. The molecule has 9 nitrogen and oxygen atoms in total. The second-order valence-electron chi connectivity index (χ2n) is 9.55. The average molecular weight is 460 g/mol. The quantitative estimate of drug-likeness (QED) is 0.705. The van der Waals surface area contributed by atoms with Gasteiger partial charge in [-0.25, -0.2) is 9.78 Å². The van der Waals surface area contributed by atoms with Crippen LogP contribution in [0.15, 0.2) is 30.3 Å². The average Bonchev–Trinajstić information content (AvgIpc) is 3.40. The summed E-state index contributed by atoms with van der Waals surface area (Å²) in [5.41, 5.74) is 3.32. The van der Waals surface area contributed by atoms with Gasteiger partial charge < -0.3 is 20.1 Å². The number of nitriles is 1. The minimum atomic E-state index is -0.408. The maximum absolute atomic E-state index is 12.5. The van der Waals surface area contributed by atoms with Gasteiger partial charge >= 0.3 is 6.09 Å². The standard InChI is InChI=1S/C25H25N5O4/c26-10-16-3-1-2-15-6-14(7-19(15)16)11-27-18-8-17(9-18)21-12-30(25(32)34-21)22-5-4-20-24(28-22)29-23(31)13-33-20/h1-5,14,17-18,21,27H,6-9,11-13H2,(H,28,29,31)/t14?,17-,18+,21?. The highest BCUT2D eigenvalue weighted by molar-refractivity contribution is 5.95. The first-order chi connectivity index (χ1) is 16.6. The number of hydrogen-bond acceptors (Lipinski definition) is 7. The molecule has 0 bridgehead atoms. The minimum absolute atomic E-state index is 0.0344. The Hall–Kier alpha value is -3.64. The van der Waals surface area contributed by atoms with Crippen molar-refractivity contribution in [1.29, 1.82) is 5.26 Å². The molecule has 0 radical (unpaired) electrons. The summed E-state index contributed by atoms with van der Waals surface area (Å²) in [6, 6.07) is 12.2. The van der Waals surface area contributed by atoms with E-state index in [4.69, 9.17) is 9.47 Å². The van der Waals surface area contributed by atoms with Gasteiger partial charge in [-0.05, 0) is 67.5 Å². The monoisotopic (exact) mass is 459 g/mol. The Bertz CT molecular complexity index is 1200. The third-order valence-corrected chi connectivity index (χ3v) is 7.36.